The van der Waals surface area contributed by atoms with Gasteiger partial charge in [-0.1, -0.05) is 34.1 Å². The van der Waals surface area contributed by atoms with Gasteiger partial charge in [-0.2, -0.15) is 0 Å². The fraction of sp³-hybridized carbons (Fsp3) is 0. The van der Waals surface area contributed by atoms with Gasteiger partial charge in [0.1, 0.15) is 0 Å². The average Bonchev–Trinajstić information content (AvgIpc) is 2.57. The summed E-state index contributed by atoms with van der Waals surface area (Å²) in [5.41, 5.74) is 0. The molecule has 0 bridgehead atoms. The molecule has 1 heterocycles. The number of fused-ring (bicyclic) bond motifs is 3. The fourth-order valence-corrected chi connectivity index (χ4v) is 4.31. The van der Waals surface area contributed by atoms with Gasteiger partial charge in [0.25, 0.3) is 0 Å². The Morgan fingerprint density at radius 1 is 0.933 bits per heavy atom. The minimum atomic E-state index is 1.12. The fourth-order valence-electron chi connectivity index (χ4n) is 1.75. The molecule has 0 nitrogen and oxygen atoms in total. The number of benzene rings is 2. The summed E-state index contributed by atoms with van der Waals surface area (Å²) in [5, 5.41) is 2.65. The highest BCUT2D eigenvalue weighted by Gasteiger charge is 2.07. The van der Waals surface area contributed by atoms with Crippen molar-refractivity contribution >= 4 is 63.4 Å². The Kier molecular flexibility index (Phi) is 2.34. The third kappa shape index (κ3) is 1.53. The molecule has 15 heavy (non-hydrogen) atoms. The van der Waals surface area contributed by atoms with E-state index in [1.54, 1.807) is 0 Å². The van der Waals surface area contributed by atoms with Crippen LogP contribution in [0.4, 0.5) is 0 Å². The van der Waals surface area contributed by atoms with Gasteiger partial charge in [0.05, 0.1) is 0 Å². The van der Waals surface area contributed by atoms with Gasteiger partial charge in [0.2, 0.25) is 0 Å². The lowest BCUT2D eigenvalue weighted by Gasteiger charge is -1.95. The maximum Gasteiger partial charge on any atom is 0.0498 e. The SMILES string of the molecule is Brc1cc(Br)c2sc3ccccc3c2c1. The van der Waals surface area contributed by atoms with E-state index in [2.05, 4.69) is 68.3 Å². The lowest BCUT2D eigenvalue weighted by molar-refractivity contribution is 1.72. The first kappa shape index (κ1) is 9.82. The van der Waals surface area contributed by atoms with Gasteiger partial charge in [-0.25, -0.2) is 0 Å². The molecule has 3 heteroatoms. The summed E-state index contributed by atoms with van der Waals surface area (Å²) in [6, 6.07) is 12.8. The van der Waals surface area contributed by atoms with Crippen molar-refractivity contribution in [3.8, 4) is 0 Å². The molecule has 0 atom stereocenters. The Hall–Kier alpha value is -0.380. The molecule has 0 aliphatic carbocycles. The molecule has 0 N–H and O–H groups in total. The van der Waals surface area contributed by atoms with Crippen LogP contribution in [0.1, 0.15) is 0 Å². The normalized spacial score (nSPS) is 11.3. The van der Waals surface area contributed by atoms with E-state index >= 15 is 0 Å². The van der Waals surface area contributed by atoms with Crippen LogP contribution >= 0.6 is 43.2 Å². The molecule has 0 saturated heterocycles. The summed E-state index contributed by atoms with van der Waals surface area (Å²) >= 11 is 8.96. The third-order valence-electron chi connectivity index (χ3n) is 2.40. The van der Waals surface area contributed by atoms with Crippen molar-refractivity contribution in [1.29, 1.82) is 0 Å². The van der Waals surface area contributed by atoms with Gasteiger partial charge >= 0.3 is 0 Å². The number of hydrogen-bond acceptors (Lipinski definition) is 1. The molecular weight excluding hydrogens is 336 g/mol. The average molecular weight is 342 g/mol. The summed E-state index contributed by atoms with van der Waals surface area (Å²) in [6.45, 7) is 0. The smallest absolute Gasteiger partial charge is 0.0498 e. The van der Waals surface area contributed by atoms with Crippen LogP contribution in [0.25, 0.3) is 20.2 Å². The van der Waals surface area contributed by atoms with Gasteiger partial charge in [-0.15, -0.1) is 11.3 Å². The van der Waals surface area contributed by atoms with Crippen LogP contribution in [-0.4, -0.2) is 0 Å². The maximum atomic E-state index is 3.61. The first-order valence-electron chi connectivity index (χ1n) is 4.52. The number of thiophene rings is 1. The van der Waals surface area contributed by atoms with E-state index in [9.17, 15) is 0 Å². The molecule has 0 spiro atoms. The standard InChI is InChI=1S/C12H6Br2S/c13-7-5-9-8-3-1-2-4-11(8)15-12(9)10(14)6-7/h1-6H. The van der Waals surface area contributed by atoms with Gasteiger partial charge < -0.3 is 0 Å². The van der Waals surface area contributed by atoms with E-state index in [1.165, 1.54) is 20.2 Å². The molecule has 3 rings (SSSR count). The number of rotatable bonds is 0. The number of hydrogen-bond donors (Lipinski definition) is 0. The largest absolute Gasteiger partial charge is 0.134 e. The zero-order valence-corrected chi connectivity index (χ0v) is 11.6. The first-order chi connectivity index (χ1) is 7.25. The van der Waals surface area contributed by atoms with Crippen LogP contribution in [0.5, 0.6) is 0 Å². The van der Waals surface area contributed by atoms with Gasteiger partial charge in [0, 0.05) is 29.1 Å². The van der Waals surface area contributed by atoms with Crippen LogP contribution in [0.3, 0.4) is 0 Å². The Balaban J connectivity index is 2.61. The molecule has 74 valence electrons. The van der Waals surface area contributed by atoms with Gasteiger partial charge in [-0.05, 0) is 34.1 Å². The van der Waals surface area contributed by atoms with E-state index in [-0.39, 0.29) is 0 Å². The molecule has 0 radical (unpaired) electrons. The molecule has 0 fully saturated rings. The molecule has 0 aliphatic rings. The molecular formula is C12H6Br2S. The van der Waals surface area contributed by atoms with Crippen molar-refractivity contribution in [2.75, 3.05) is 0 Å². The maximum absolute atomic E-state index is 3.61. The predicted octanol–water partition coefficient (Wildman–Crippen LogP) is 5.58. The second kappa shape index (κ2) is 3.58. The minimum absolute atomic E-state index is 1.12. The summed E-state index contributed by atoms with van der Waals surface area (Å²) in [5.74, 6) is 0. The summed E-state index contributed by atoms with van der Waals surface area (Å²) in [6.07, 6.45) is 0. The van der Waals surface area contributed by atoms with Crippen molar-refractivity contribution in [3.63, 3.8) is 0 Å². The molecule has 0 saturated carbocycles. The first-order valence-corrected chi connectivity index (χ1v) is 6.92. The highest BCUT2D eigenvalue weighted by molar-refractivity contribution is 9.11. The monoisotopic (exact) mass is 340 g/mol. The van der Waals surface area contributed by atoms with Crippen molar-refractivity contribution in [1.82, 2.24) is 0 Å². The van der Waals surface area contributed by atoms with Crippen molar-refractivity contribution in [3.05, 3.63) is 45.3 Å². The highest BCUT2D eigenvalue weighted by Crippen LogP contribution is 2.39. The summed E-state index contributed by atoms with van der Waals surface area (Å²) in [7, 11) is 0. The molecule has 0 aliphatic heterocycles. The minimum Gasteiger partial charge on any atom is -0.134 e. The van der Waals surface area contributed by atoms with Crippen LogP contribution in [0.15, 0.2) is 45.3 Å². The molecule has 0 unspecified atom stereocenters. The Bertz CT molecular complexity index is 655. The predicted molar refractivity (Wildman–Crippen MR) is 74.7 cm³/mol. The van der Waals surface area contributed by atoms with Crippen molar-refractivity contribution < 1.29 is 0 Å². The van der Waals surface area contributed by atoms with Crippen molar-refractivity contribution in [2.45, 2.75) is 0 Å². The van der Waals surface area contributed by atoms with Crippen LogP contribution in [0.2, 0.25) is 0 Å². The zero-order chi connectivity index (χ0) is 10.4. The summed E-state index contributed by atoms with van der Waals surface area (Å²) in [4.78, 5) is 0. The van der Waals surface area contributed by atoms with E-state index in [1.807, 2.05) is 11.3 Å². The lowest BCUT2D eigenvalue weighted by atomic mass is 10.2. The molecule has 3 aromatic rings. The summed E-state index contributed by atoms with van der Waals surface area (Å²) < 4.78 is 4.93. The lowest BCUT2D eigenvalue weighted by Crippen LogP contribution is -1.69. The second-order valence-electron chi connectivity index (χ2n) is 3.36. The quantitative estimate of drug-likeness (QED) is 0.500. The Labute approximate surface area is 108 Å². The zero-order valence-electron chi connectivity index (χ0n) is 7.63. The van der Waals surface area contributed by atoms with Crippen LogP contribution < -0.4 is 0 Å². The molecule has 2 aromatic carbocycles. The van der Waals surface area contributed by atoms with Crippen LogP contribution in [-0.2, 0) is 0 Å². The van der Waals surface area contributed by atoms with E-state index < -0.39 is 0 Å². The Morgan fingerprint density at radius 3 is 2.60 bits per heavy atom. The van der Waals surface area contributed by atoms with Crippen LogP contribution in [0, 0.1) is 0 Å². The second-order valence-corrected chi connectivity index (χ2v) is 6.18. The van der Waals surface area contributed by atoms with E-state index in [0.717, 1.165) is 8.95 Å². The van der Waals surface area contributed by atoms with E-state index in [4.69, 9.17) is 0 Å². The highest BCUT2D eigenvalue weighted by atomic mass is 79.9. The van der Waals surface area contributed by atoms with Crippen molar-refractivity contribution in [2.24, 2.45) is 0 Å². The molecule has 0 amide bonds. The third-order valence-corrected chi connectivity index (χ3v) is 4.96. The van der Waals surface area contributed by atoms with E-state index in [0.29, 0.717) is 0 Å². The topological polar surface area (TPSA) is 0 Å². The number of halogens is 2. The van der Waals surface area contributed by atoms with Gasteiger partial charge in [0.15, 0.2) is 0 Å². The van der Waals surface area contributed by atoms with Gasteiger partial charge in [-0.3, -0.25) is 0 Å². The molecule has 1 aromatic heterocycles. The Morgan fingerprint density at radius 2 is 1.73 bits per heavy atom.